The van der Waals surface area contributed by atoms with Crippen LogP contribution in [0.1, 0.15) is 47.6 Å². The largest absolute Gasteiger partial charge is 0.356 e. The van der Waals surface area contributed by atoms with E-state index in [9.17, 15) is 4.79 Å². The summed E-state index contributed by atoms with van der Waals surface area (Å²) in [5.41, 5.74) is 7.75. The fourth-order valence-electron chi connectivity index (χ4n) is 4.21. The third kappa shape index (κ3) is 5.06. The lowest BCUT2D eigenvalue weighted by molar-refractivity contribution is -0.121. The van der Waals surface area contributed by atoms with E-state index in [0.717, 1.165) is 34.1 Å². The molecule has 5 rings (SSSR count). The minimum atomic E-state index is 0.0235. The average molecular weight is 437 g/mol. The Kier molecular flexibility index (Phi) is 6.07. The highest BCUT2D eigenvalue weighted by atomic mass is 16.5. The van der Waals surface area contributed by atoms with Gasteiger partial charge in [0.05, 0.1) is 5.69 Å². The number of hydrogen-bond acceptors (Lipinski definition) is 3. The van der Waals surface area contributed by atoms with Crippen LogP contribution in [-0.2, 0) is 17.8 Å². The molecule has 1 saturated carbocycles. The van der Waals surface area contributed by atoms with Crippen molar-refractivity contribution in [2.24, 2.45) is 0 Å². The zero-order chi connectivity index (χ0) is 22.6. The molecular weight excluding hydrogens is 408 g/mol. The molecule has 1 aromatic heterocycles. The van der Waals surface area contributed by atoms with Crippen molar-refractivity contribution in [3.63, 3.8) is 0 Å². The van der Waals surface area contributed by atoms with E-state index in [4.69, 9.17) is 4.52 Å². The molecule has 0 unspecified atom stereocenters. The molecule has 1 aliphatic rings. The molecule has 1 aliphatic carbocycles. The van der Waals surface area contributed by atoms with Gasteiger partial charge in [0.1, 0.15) is 0 Å². The summed E-state index contributed by atoms with van der Waals surface area (Å²) < 4.78 is 5.66. The Labute approximate surface area is 194 Å². The summed E-state index contributed by atoms with van der Waals surface area (Å²) in [5.74, 6) is 1.55. The van der Waals surface area contributed by atoms with E-state index < -0.39 is 0 Å². The van der Waals surface area contributed by atoms with Crippen LogP contribution in [-0.4, -0.2) is 11.1 Å². The topological polar surface area (TPSA) is 55.1 Å². The fourth-order valence-corrected chi connectivity index (χ4v) is 4.21. The predicted octanol–water partition coefficient (Wildman–Crippen LogP) is 6.44. The highest BCUT2D eigenvalue weighted by Gasteiger charge is 2.23. The Balaban J connectivity index is 1.24. The lowest BCUT2D eigenvalue weighted by Crippen LogP contribution is -2.23. The van der Waals surface area contributed by atoms with Gasteiger partial charge in [-0.05, 0) is 54.4 Å². The summed E-state index contributed by atoms with van der Waals surface area (Å²) in [5, 5.41) is 7.16. The van der Waals surface area contributed by atoms with Crippen LogP contribution in [0.15, 0.2) is 83.4 Å². The number of carbonyl (C=O) groups excluding carboxylic acids is 1. The molecule has 1 N–H and O–H groups in total. The van der Waals surface area contributed by atoms with Crippen LogP contribution in [0.2, 0.25) is 0 Å². The Morgan fingerprint density at radius 2 is 1.55 bits per heavy atom. The average Bonchev–Trinajstić information content (AvgIpc) is 3.65. The molecule has 3 aromatic carbocycles. The van der Waals surface area contributed by atoms with Crippen LogP contribution in [0.5, 0.6) is 0 Å². The van der Waals surface area contributed by atoms with Crippen LogP contribution >= 0.6 is 0 Å². The van der Waals surface area contributed by atoms with Gasteiger partial charge in [-0.15, -0.1) is 0 Å². The van der Waals surface area contributed by atoms with Crippen molar-refractivity contribution in [1.82, 2.24) is 10.5 Å². The van der Waals surface area contributed by atoms with E-state index in [1.54, 1.807) is 0 Å². The van der Waals surface area contributed by atoms with Gasteiger partial charge in [0.2, 0.25) is 5.91 Å². The van der Waals surface area contributed by atoms with Crippen molar-refractivity contribution in [3.05, 3.63) is 101 Å². The monoisotopic (exact) mass is 436 g/mol. The smallest absolute Gasteiger partial charge is 0.220 e. The first-order valence-electron chi connectivity index (χ1n) is 11.6. The second kappa shape index (κ2) is 9.45. The molecule has 4 heteroatoms. The van der Waals surface area contributed by atoms with Crippen molar-refractivity contribution in [1.29, 1.82) is 0 Å². The summed E-state index contributed by atoms with van der Waals surface area (Å²) in [4.78, 5) is 12.4. The van der Waals surface area contributed by atoms with Crippen molar-refractivity contribution in [3.8, 4) is 22.5 Å². The van der Waals surface area contributed by atoms with Crippen molar-refractivity contribution in [2.45, 2.75) is 45.1 Å². The number of amides is 1. The van der Waals surface area contributed by atoms with E-state index >= 15 is 0 Å². The number of aryl methyl sites for hydroxylation is 1. The maximum Gasteiger partial charge on any atom is 0.220 e. The Bertz CT molecular complexity index is 1220. The molecule has 0 saturated heterocycles. The highest BCUT2D eigenvalue weighted by Crippen LogP contribution is 2.40. The molecule has 0 bridgehead atoms. The summed E-state index contributed by atoms with van der Waals surface area (Å²) in [6.45, 7) is 2.47. The predicted molar refractivity (Wildman–Crippen MR) is 131 cm³/mol. The van der Waals surface area contributed by atoms with Gasteiger partial charge in [0, 0.05) is 24.1 Å². The van der Waals surface area contributed by atoms with Crippen LogP contribution in [0.4, 0.5) is 0 Å². The molecule has 0 spiro atoms. The maximum atomic E-state index is 12.4. The van der Waals surface area contributed by atoms with E-state index in [-0.39, 0.29) is 5.91 Å². The zero-order valence-electron chi connectivity index (χ0n) is 18.9. The zero-order valence-corrected chi connectivity index (χ0v) is 18.9. The molecule has 1 heterocycles. The molecule has 1 amide bonds. The van der Waals surface area contributed by atoms with E-state index in [1.807, 2.05) is 37.3 Å². The molecular formula is C29H28N2O2. The summed E-state index contributed by atoms with van der Waals surface area (Å²) in [7, 11) is 0. The molecule has 1 fully saturated rings. The standard InChI is InChI=1S/C29H28N2O2/c1-20-27(17-18-28(32)30-19-21-5-3-2-4-6-21)29(33-31-20)26-15-13-25(14-16-26)24-11-9-23(10-12-24)22-7-8-22/h2-6,9-16,22H,7-8,17-19H2,1H3,(H,30,32). The summed E-state index contributed by atoms with van der Waals surface area (Å²) in [6, 6.07) is 27.2. The molecule has 33 heavy (non-hydrogen) atoms. The van der Waals surface area contributed by atoms with Crippen LogP contribution in [0.25, 0.3) is 22.5 Å². The highest BCUT2D eigenvalue weighted by molar-refractivity contribution is 5.77. The third-order valence-corrected chi connectivity index (χ3v) is 6.36. The van der Waals surface area contributed by atoms with E-state index in [0.29, 0.717) is 19.4 Å². The second-order valence-corrected chi connectivity index (χ2v) is 8.81. The van der Waals surface area contributed by atoms with Crippen molar-refractivity contribution in [2.75, 3.05) is 0 Å². The molecule has 166 valence electrons. The van der Waals surface area contributed by atoms with Gasteiger partial charge in [-0.1, -0.05) is 84.0 Å². The van der Waals surface area contributed by atoms with Gasteiger partial charge in [-0.2, -0.15) is 0 Å². The SMILES string of the molecule is Cc1noc(-c2ccc(-c3ccc(C4CC4)cc3)cc2)c1CCC(=O)NCc1ccccc1. The molecule has 0 aliphatic heterocycles. The van der Waals surface area contributed by atoms with Crippen LogP contribution in [0, 0.1) is 6.92 Å². The summed E-state index contributed by atoms with van der Waals surface area (Å²) in [6.07, 6.45) is 3.63. The van der Waals surface area contributed by atoms with E-state index in [2.05, 4.69) is 59.0 Å². The van der Waals surface area contributed by atoms with Crippen molar-refractivity contribution >= 4 is 5.91 Å². The molecule has 0 atom stereocenters. The van der Waals surface area contributed by atoms with E-state index in [1.165, 1.54) is 29.5 Å². The lowest BCUT2D eigenvalue weighted by Gasteiger charge is -2.07. The minimum Gasteiger partial charge on any atom is -0.356 e. The normalized spacial score (nSPS) is 13.1. The first-order valence-corrected chi connectivity index (χ1v) is 11.6. The van der Waals surface area contributed by atoms with Gasteiger partial charge >= 0.3 is 0 Å². The summed E-state index contributed by atoms with van der Waals surface area (Å²) >= 11 is 0. The number of rotatable bonds is 8. The first-order chi connectivity index (χ1) is 16.2. The van der Waals surface area contributed by atoms with Gasteiger partial charge in [0.25, 0.3) is 0 Å². The maximum absolute atomic E-state index is 12.4. The molecule has 4 aromatic rings. The van der Waals surface area contributed by atoms with Gasteiger partial charge < -0.3 is 9.84 Å². The number of nitrogens with one attached hydrogen (secondary N) is 1. The van der Waals surface area contributed by atoms with Crippen molar-refractivity contribution < 1.29 is 9.32 Å². The second-order valence-electron chi connectivity index (χ2n) is 8.81. The van der Waals surface area contributed by atoms with Crippen LogP contribution < -0.4 is 5.32 Å². The molecule has 4 nitrogen and oxygen atoms in total. The lowest BCUT2D eigenvalue weighted by atomic mass is 9.98. The number of nitrogens with zero attached hydrogens (tertiary/aromatic N) is 1. The number of hydrogen-bond donors (Lipinski definition) is 1. The Hall–Kier alpha value is -3.66. The van der Waals surface area contributed by atoms with Gasteiger partial charge in [0.15, 0.2) is 5.76 Å². The first kappa shape index (κ1) is 21.2. The fraction of sp³-hybridized carbons (Fsp3) is 0.241. The van der Waals surface area contributed by atoms with Crippen LogP contribution in [0.3, 0.4) is 0 Å². The quantitative estimate of drug-likeness (QED) is 0.346. The Morgan fingerprint density at radius 3 is 2.21 bits per heavy atom. The Morgan fingerprint density at radius 1 is 0.909 bits per heavy atom. The number of benzene rings is 3. The minimum absolute atomic E-state index is 0.0235. The van der Waals surface area contributed by atoms with Gasteiger partial charge in [-0.25, -0.2) is 0 Å². The number of aromatic nitrogens is 1. The third-order valence-electron chi connectivity index (χ3n) is 6.36. The number of carbonyl (C=O) groups is 1. The van der Waals surface area contributed by atoms with Gasteiger partial charge in [-0.3, -0.25) is 4.79 Å². The molecule has 0 radical (unpaired) electrons.